The Morgan fingerprint density at radius 1 is 1.03 bits per heavy atom. The van der Waals surface area contributed by atoms with Gasteiger partial charge >= 0.3 is 0 Å². The predicted octanol–water partition coefficient (Wildman–Crippen LogP) is 5.98. The van der Waals surface area contributed by atoms with Crippen LogP contribution < -0.4 is 10.1 Å². The molecule has 0 bridgehead atoms. The summed E-state index contributed by atoms with van der Waals surface area (Å²) in [6, 6.07) is 14.2. The standard InChI is InChI=1S/C25H23N5O2S2/c1-16-10-17(2-4-22(16)32-18-3-5-23-20(11-18)28-15-33-23)29-25-24-21(26-14-27-25)12-19(34-24)13-30-6-8-31-9-7-30/h2-5,10-12,14-15H,6-9,13H2,1H3,(H,26,27,29). The van der Waals surface area contributed by atoms with E-state index in [1.54, 1.807) is 29.0 Å². The van der Waals surface area contributed by atoms with Gasteiger partial charge in [0.05, 0.1) is 39.2 Å². The maximum Gasteiger partial charge on any atom is 0.151 e. The van der Waals surface area contributed by atoms with E-state index in [4.69, 9.17) is 9.47 Å². The molecule has 0 aliphatic carbocycles. The van der Waals surface area contributed by atoms with Crippen molar-refractivity contribution < 1.29 is 9.47 Å². The van der Waals surface area contributed by atoms with E-state index in [1.165, 1.54) is 4.88 Å². The van der Waals surface area contributed by atoms with Gasteiger partial charge in [-0.15, -0.1) is 22.7 Å². The van der Waals surface area contributed by atoms with Crippen LogP contribution in [0.15, 0.2) is 54.3 Å². The Morgan fingerprint density at radius 2 is 1.94 bits per heavy atom. The first-order valence-electron chi connectivity index (χ1n) is 11.1. The number of aromatic nitrogens is 3. The maximum atomic E-state index is 6.14. The molecule has 1 fully saturated rings. The molecule has 0 spiro atoms. The summed E-state index contributed by atoms with van der Waals surface area (Å²) < 4.78 is 13.8. The normalized spacial score (nSPS) is 14.6. The zero-order valence-corrected chi connectivity index (χ0v) is 20.3. The Hall–Kier alpha value is -3.11. The lowest BCUT2D eigenvalue weighted by Crippen LogP contribution is -2.35. The lowest BCUT2D eigenvalue weighted by molar-refractivity contribution is 0.0346. The molecule has 5 aromatic rings. The Morgan fingerprint density at radius 3 is 2.82 bits per heavy atom. The minimum Gasteiger partial charge on any atom is -0.457 e. The fourth-order valence-corrected chi connectivity index (χ4v) is 5.81. The second-order valence-electron chi connectivity index (χ2n) is 8.23. The van der Waals surface area contributed by atoms with Gasteiger partial charge in [0.15, 0.2) is 5.82 Å². The van der Waals surface area contributed by atoms with Gasteiger partial charge in [0.25, 0.3) is 0 Å². The van der Waals surface area contributed by atoms with Crippen molar-refractivity contribution >= 4 is 54.6 Å². The molecule has 7 nitrogen and oxygen atoms in total. The maximum absolute atomic E-state index is 6.14. The molecule has 4 heterocycles. The van der Waals surface area contributed by atoms with Gasteiger partial charge in [0.2, 0.25) is 0 Å². The number of nitrogens with zero attached hydrogens (tertiary/aromatic N) is 4. The molecule has 0 radical (unpaired) electrons. The number of fused-ring (bicyclic) bond motifs is 2. The summed E-state index contributed by atoms with van der Waals surface area (Å²) in [5, 5.41) is 3.48. The average Bonchev–Trinajstić information content (AvgIpc) is 3.48. The van der Waals surface area contributed by atoms with Gasteiger partial charge in [-0.25, -0.2) is 15.0 Å². The molecule has 0 amide bonds. The van der Waals surface area contributed by atoms with Gasteiger partial charge in [0, 0.05) is 36.3 Å². The quantitative estimate of drug-likeness (QED) is 0.315. The van der Waals surface area contributed by atoms with Crippen LogP contribution >= 0.6 is 22.7 Å². The second-order valence-corrected chi connectivity index (χ2v) is 10.3. The Labute approximate surface area is 205 Å². The highest BCUT2D eigenvalue weighted by Crippen LogP contribution is 2.34. The molecule has 1 N–H and O–H groups in total. The highest BCUT2D eigenvalue weighted by Gasteiger charge is 2.15. The van der Waals surface area contributed by atoms with Crippen LogP contribution in [0.3, 0.4) is 0 Å². The summed E-state index contributed by atoms with van der Waals surface area (Å²) in [7, 11) is 0. The van der Waals surface area contributed by atoms with Crippen LogP contribution in [-0.2, 0) is 11.3 Å². The van der Waals surface area contributed by atoms with Crippen LogP contribution in [0.1, 0.15) is 10.4 Å². The van der Waals surface area contributed by atoms with Crippen molar-refractivity contribution in [1.82, 2.24) is 19.9 Å². The number of aryl methyl sites for hydroxylation is 1. The summed E-state index contributed by atoms with van der Waals surface area (Å²) in [6.07, 6.45) is 1.62. The van der Waals surface area contributed by atoms with Crippen molar-refractivity contribution in [3.8, 4) is 11.5 Å². The molecule has 1 saturated heterocycles. The number of thiophene rings is 1. The van der Waals surface area contributed by atoms with Gasteiger partial charge in [-0.2, -0.15) is 0 Å². The highest BCUT2D eigenvalue weighted by atomic mass is 32.1. The predicted molar refractivity (Wildman–Crippen MR) is 138 cm³/mol. The number of hydrogen-bond acceptors (Lipinski definition) is 9. The number of benzene rings is 2. The lowest BCUT2D eigenvalue weighted by Gasteiger charge is -2.25. The van der Waals surface area contributed by atoms with Crippen LogP contribution in [0.2, 0.25) is 0 Å². The van der Waals surface area contributed by atoms with Crippen molar-refractivity contribution in [3.63, 3.8) is 0 Å². The Kier molecular flexibility index (Phi) is 5.84. The molecule has 172 valence electrons. The van der Waals surface area contributed by atoms with Gasteiger partial charge in [-0.05, 0) is 48.9 Å². The van der Waals surface area contributed by atoms with Crippen molar-refractivity contribution in [2.24, 2.45) is 0 Å². The monoisotopic (exact) mass is 489 g/mol. The minimum atomic E-state index is 0.783. The SMILES string of the molecule is Cc1cc(Nc2ncnc3cc(CN4CCOCC4)sc23)ccc1Oc1ccc2scnc2c1. The lowest BCUT2D eigenvalue weighted by atomic mass is 10.2. The first kappa shape index (κ1) is 21.4. The van der Waals surface area contributed by atoms with Crippen molar-refractivity contribution in [2.45, 2.75) is 13.5 Å². The van der Waals surface area contributed by atoms with E-state index in [2.05, 4.69) is 37.3 Å². The van der Waals surface area contributed by atoms with Crippen molar-refractivity contribution in [3.05, 3.63) is 64.7 Å². The van der Waals surface area contributed by atoms with Crippen LogP contribution in [-0.4, -0.2) is 46.2 Å². The molecule has 9 heteroatoms. The number of nitrogens with one attached hydrogen (secondary N) is 1. The first-order valence-corrected chi connectivity index (χ1v) is 12.8. The van der Waals surface area contributed by atoms with Gasteiger partial charge in [-0.1, -0.05) is 0 Å². The first-order chi connectivity index (χ1) is 16.7. The number of anilines is 2. The zero-order chi connectivity index (χ0) is 22.9. The van der Waals surface area contributed by atoms with Crippen LogP contribution in [0.25, 0.3) is 20.4 Å². The molecule has 0 unspecified atom stereocenters. The molecule has 0 saturated carbocycles. The molecule has 6 rings (SSSR count). The summed E-state index contributed by atoms with van der Waals surface area (Å²) in [5.41, 5.74) is 5.77. The molecule has 3 aromatic heterocycles. The molecule has 34 heavy (non-hydrogen) atoms. The third-order valence-electron chi connectivity index (χ3n) is 5.81. The summed E-state index contributed by atoms with van der Waals surface area (Å²) in [6.45, 7) is 6.50. The number of ether oxygens (including phenoxy) is 2. The molecule has 2 aromatic carbocycles. The summed E-state index contributed by atoms with van der Waals surface area (Å²) in [4.78, 5) is 17.1. The average molecular weight is 490 g/mol. The van der Waals surface area contributed by atoms with E-state index < -0.39 is 0 Å². The van der Waals surface area contributed by atoms with Gasteiger partial charge in [-0.3, -0.25) is 4.90 Å². The number of morpholine rings is 1. The number of thiazole rings is 1. The molecular formula is C25H23N5O2S2. The van der Waals surface area contributed by atoms with E-state index in [0.29, 0.717) is 0 Å². The summed E-state index contributed by atoms with van der Waals surface area (Å²) >= 11 is 3.37. The molecular weight excluding hydrogens is 466 g/mol. The Bertz CT molecular complexity index is 1460. The highest BCUT2D eigenvalue weighted by molar-refractivity contribution is 7.19. The van der Waals surface area contributed by atoms with E-state index in [9.17, 15) is 0 Å². The topological polar surface area (TPSA) is 72.4 Å². The minimum absolute atomic E-state index is 0.783. The van der Waals surface area contributed by atoms with E-state index >= 15 is 0 Å². The molecule has 1 aliphatic heterocycles. The number of hydrogen-bond donors (Lipinski definition) is 1. The number of rotatable bonds is 6. The van der Waals surface area contributed by atoms with Gasteiger partial charge in [0.1, 0.15) is 17.8 Å². The van der Waals surface area contributed by atoms with Crippen molar-refractivity contribution in [1.29, 1.82) is 0 Å². The molecule has 0 atom stereocenters. The van der Waals surface area contributed by atoms with Crippen molar-refractivity contribution in [2.75, 3.05) is 31.6 Å². The fraction of sp³-hybridized carbons (Fsp3) is 0.240. The second kappa shape index (κ2) is 9.27. The van der Waals surface area contributed by atoms with Crippen LogP contribution in [0.5, 0.6) is 11.5 Å². The van der Waals surface area contributed by atoms with E-state index in [1.807, 2.05) is 42.8 Å². The van der Waals surface area contributed by atoms with E-state index in [-0.39, 0.29) is 0 Å². The van der Waals surface area contributed by atoms with Crippen LogP contribution in [0.4, 0.5) is 11.5 Å². The van der Waals surface area contributed by atoms with Crippen LogP contribution in [0, 0.1) is 6.92 Å². The fourth-order valence-electron chi connectivity index (χ4n) is 4.06. The van der Waals surface area contributed by atoms with E-state index in [0.717, 1.165) is 81.8 Å². The third kappa shape index (κ3) is 4.47. The summed E-state index contributed by atoms with van der Waals surface area (Å²) in [5.74, 6) is 2.42. The molecule has 1 aliphatic rings. The van der Waals surface area contributed by atoms with Gasteiger partial charge < -0.3 is 14.8 Å². The Balaban J connectivity index is 1.20. The zero-order valence-electron chi connectivity index (χ0n) is 18.7. The smallest absolute Gasteiger partial charge is 0.151 e. The largest absolute Gasteiger partial charge is 0.457 e. The third-order valence-corrected chi connectivity index (χ3v) is 7.74.